The molecule has 9 nitrogen and oxygen atoms in total. The lowest BCUT2D eigenvalue weighted by atomic mass is 9.77. The van der Waals surface area contributed by atoms with E-state index in [1.54, 1.807) is 6.92 Å². The van der Waals surface area contributed by atoms with Gasteiger partial charge in [-0.15, -0.1) is 0 Å². The molecule has 1 aromatic carbocycles. The molecule has 1 aliphatic carbocycles. The first-order chi connectivity index (χ1) is 18.4. The number of ether oxygens (including phenoxy) is 1. The summed E-state index contributed by atoms with van der Waals surface area (Å²) in [6, 6.07) is 1.56. The van der Waals surface area contributed by atoms with E-state index in [1.807, 2.05) is 6.19 Å². The number of hydrogen-bond acceptors (Lipinski definition) is 7. The van der Waals surface area contributed by atoms with Gasteiger partial charge in [-0.3, -0.25) is 24.4 Å². The zero-order valence-electron chi connectivity index (χ0n) is 21.5. The van der Waals surface area contributed by atoms with Crippen molar-refractivity contribution < 1.29 is 38.9 Å². The Morgan fingerprint density at radius 3 is 2.38 bits per heavy atom. The number of aromatic nitrogens is 1. The van der Waals surface area contributed by atoms with Crippen molar-refractivity contribution >= 4 is 27.7 Å². The summed E-state index contributed by atoms with van der Waals surface area (Å²) >= 11 is 0. The number of carbonyl (C=O) groups is 2. The van der Waals surface area contributed by atoms with E-state index < -0.39 is 56.8 Å². The van der Waals surface area contributed by atoms with Crippen LogP contribution < -0.4 is 10.2 Å². The third kappa shape index (κ3) is 6.29. The Bertz CT molecular complexity index is 1310. The van der Waals surface area contributed by atoms with Crippen LogP contribution in [0.3, 0.4) is 0 Å². The highest BCUT2D eigenvalue weighted by Crippen LogP contribution is 3.02. The molecular formula is C25H28F5N5O4S. The van der Waals surface area contributed by atoms with Gasteiger partial charge in [0, 0.05) is 43.2 Å². The van der Waals surface area contributed by atoms with Crippen molar-refractivity contribution in [1.29, 1.82) is 5.26 Å². The monoisotopic (exact) mass is 589 g/mol. The quantitative estimate of drug-likeness (QED) is 0.346. The maximum absolute atomic E-state index is 14.1. The number of halogens is 5. The minimum Gasteiger partial charge on any atom is -0.390 e. The minimum absolute atomic E-state index is 0.0375. The molecular weight excluding hydrogens is 561 g/mol. The normalized spacial score (nSPS) is 27.0. The molecule has 0 bridgehead atoms. The Labute approximate surface area is 227 Å². The van der Waals surface area contributed by atoms with E-state index in [1.165, 1.54) is 31.6 Å². The van der Waals surface area contributed by atoms with Gasteiger partial charge in [0.15, 0.2) is 6.19 Å². The number of methoxy groups -OCH3 is 1. The van der Waals surface area contributed by atoms with Gasteiger partial charge in [0.25, 0.3) is 5.91 Å². The molecule has 2 aliphatic rings. The number of nitriles is 1. The molecule has 218 valence electrons. The number of nitrogens with one attached hydrogen (secondary N) is 1. The average Bonchev–Trinajstić information content (AvgIpc) is 3.28. The maximum Gasteiger partial charge on any atom is 0.310 e. The third-order valence-electron chi connectivity index (χ3n) is 7.03. The first kappa shape index (κ1) is 29.5. The number of nitrogens with zero attached hydrogens (tertiary/aromatic N) is 4. The van der Waals surface area contributed by atoms with Gasteiger partial charge in [0.2, 0.25) is 5.91 Å². The van der Waals surface area contributed by atoms with E-state index >= 15 is 0 Å². The number of hydrogen-bond donors (Lipinski definition) is 2. The zero-order chi connectivity index (χ0) is 29.6. The fraction of sp³-hybridized carbons (Fsp3) is 0.440. The second kappa shape index (κ2) is 9.57. The van der Waals surface area contributed by atoms with Crippen LogP contribution in [0.1, 0.15) is 37.8 Å². The summed E-state index contributed by atoms with van der Waals surface area (Å²) in [6.07, 6.45) is 4.57. The lowest BCUT2D eigenvalue weighted by Gasteiger charge is -2.43. The number of aliphatic hydroxyl groups is 1. The predicted molar refractivity (Wildman–Crippen MR) is 136 cm³/mol. The molecule has 1 aliphatic heterocycles. The lowest BCUT2D eigenvalue weighted by molar-refractivity contribution is -0.130. The number of amides is 2. The minimum atomic E-state index is -10.0. The lowest BCUT2D eigenvalue weighted by Crippen LogP contribution is -2.57. The third-order valence-corrected chi connectivity index (χ3v) is 8.20. The number of likely N-dealkylation sites (tertiary alicyclic amines) is 1. The molecule has 40 heavy (non-hydrogen) atoms. The molecule has 3 atom stereocenters. The topological polar surface area (TPSA) is 119 Å². The molecule has 2 N–H and O–H groups in total. The molecule has 1 saturated heterocycles. The summed E-state index contributed by atoms with van der Waals surface area (Å²) in [4.78, 5) is 31.6. The van der Waals surface area contributed by atoms with Crippen molar-refractivity contribution in [3.05, 3.63) is 54.4 Å². The maximum atomic E-state index is 14.1. The first-order valence-corrected chi connectivity index (χ1v) is 14.2. The predicted octanol–water partition coefficient (Wildman–Crippen LogP) is 4.41. The summed E-state index contributed by atoms with van der Waals surface area (Å²) in [5.74, 6) is -1.56. The molecule has 1 saturated carbocycles. The van der Waals surface area contributed by atoms with E-state index in [-0.39, 0.29) is 49.2 Å². The van der Waals surface area contributed by atoms with Crippen molar-refractivity contribution in [2.24, 2.45) is 0 Å². The van der Waals surface area contributed by atoms with Crippen molar-refractivity contribution in [2.45, 2.75) is 60.9 Å². The van der Waals surface area contributed by atoms with E-state index in [4.69, 9.17) is 4.74 Å². The fourth-order valence-corrected chi connectivity index (χ4v) is 5.73. The summed E-state index contributed by atoms with van der Waals surface area (Å²) in [5, 5.41) is 22.5. The van der Waals surface area contributed by atoms with Crippen LogP contribution in [0.25, 0.3) is 0 Å². The van der Waals surface area contributed by atoms with E-state index in [9.17, 15) is 39.4 Å². The van der Waals surface area contributed by atoms with E-state index in [2.05, 4.69) is 10.3 Å². The van der Waals surface area contributed by atoms with Crippen molar-refractivity contribution in [1.82, 2.24) is 15.2 Å². The van der Waals surface area contributed by atoms with Crippen LogP contribution in [0.2, 0.25) is 0 Å². The molecule has 2 heterocycles. The Morgan fingerprint density at radius 1 is 1.23 bits per heavy atom. The van der Waals surface area contributed by atoms with Crippen LogP contribution in [0.5, 0.6) is 0 Å². The van der Waals surface area contributed by atoms with Gasteiger partial charge in [0.05, 0.1) is 18.2 Å². The largest absolute Gasteiger partial charge is 0.390 e. The average molecular weight is 590 g/mol. The molecule has 1 aromatic heterocycles. The molecule has 3 unspecified atom stereocenters. The van der Waals surface area contributed by atoms with Gasteiger partial charge in [-0.2, -0.15) is 5.26 Å². The molecule has 15 heteroatoms. The molecule has 2 amide bonds. The summed E-state index contributed by atoms with van der Waals surface area (Å²) in [6.45, 7) is 1.65. The van der Waals surface area contributed by atoms with Crippen LogP contribution in [-0.4, -0.2) is 64.2 Å². The van der Waals surface area contributed by atoms with Gasteiger partial charge >= 0.3 is 10.2 Å². The second-order valence-electron chi connectivity index (χ2n) is 10.3. The molecule has 0 spiro atoms. The highest BCUT2D eigenvalue weighted by atomic mass is 32.5. The Balaban J connectivity index is 1.81. The zero-order valence-corrected chi connectivity index (χ0v) is 22.3. The van der Waals surface area contributed by atoms with Gasteiger partial charge < -0.3 is 15.2 Å². The smallest absolute Gasteiger partial charge is 0.310 e. The Morgan fingerprint density at radius 2 is 1.88 bits per heavy atom. The fourth-order valence-electron chi connectivity index (χ4n) is 5.08. The molecule has 4 rings (SSSR count). The molecule has 2 fully saturated rings. The van der Waals surface area contributed by atoms with Crippen molar-refractivity contribution in [3.63, 3.8) is 0 Å². The summed E-state index contributed by atoms with van der Waals surface area (Å²) < 4.78 is 72.5. The van der Waals surface area contributed by atoms with E-state index in [0.717, 1.165) is 9.80 Å². The highest BCUT2D eigenvalue weighted by molar-refractivity contribution is 8.45. The van der Waals surface area contributed by atoms with Crippen LogP contribution >= 0.6 is 10.2 Å². The van der Waals surface area contributed by atoms with Crippen molar-refractivity contribution in [2.75, 3.05) is 18.6 Å². The Hall–Kier alpha value is -3.48. The van der Waals surface area contributed by atoms with Gasteiger partial charge in [-0.05, 0) is 50.1 Å². The number of rotatable bonds is 8. The van der Waals surface area contributed by atoms with Gasteiger partial charge in [-0.25, -0.2) is 0 Å². The molecule has 0 radical (unpaired) electrons. The number of anilines is 1. The number of carbonyl (C=O) groups excluding carboxylic acids is 2. The SMILES string of the molecule is COC1CC(C(=O)N(c2ccc(S(F)(F)(F)(F)F)cc2)C(C(=O)NC2CC(C)(O)C2)c2cccnc2)N(C#N)C1. The van der Waals surface area contributed by atoms with Gasteiger partial charge in [-0.1, -0.05) is 25.5 Å². The summed E-state index contributed by atoms with van der Waals surface area (Å²) in [7, 11) is -8.63. The van der Waals surface area contributed by atoms with Crippen molar-refractivity contribution in [3.8, 4) is 6.19 Å². The standard InChI is InChI=1S/C25H28F5N5O4S/c1-25(38)11-17(12-25)33-23(36)22(16-4-3-9-32-13-16)35(24(37)21-10-19(39-2)14-34(21)15-31)18-5-7-20(8-6-18)40(26,27,28,29)30/h3-9,13,17,19,21-22,38H,10-12,14H2,1-2H3,(H,33,36). The van der Waals surface area contributed by atoms with Crippen LogP contribution in [0.15, 0.2) is 53.7 Å². The van der Waals surface area contributed by atoms with Crippen LogP contribution in [0.4, 0.5) is 25.1 Å². The van der Waals surface area contributed by atoms with Crippen LogP contribution in [-0.2, 0) is 14.3 Å². The first-order valence-electron chi connectivity index (χ1n) is 12.2. The van der Waals surface area contributed by atoms with Crippen LogP contribution in [0, 0.1) is 11.5 Å². The number of benzene rings is 1. The molecule has 2 aromatic rings. The number of pyridine rings is 1. The highest BCUT2D eigenvalue weighted by Gasteiger charge is 2.65. The summed E-state index contributed by atoms with van der Waals surface area (Å²) in [5.41, 5.74) is -1.09. The van der Waals surface area contributed by atoms with E-state index in [0.29, 0.717) is 12.1 Å². The Kier molecular flexibility index (Phi) is 7.05. The second-order valence-corrected chi connectivity index (χ2v) is 12.7. The van der Waals surface area contributed by atoms with Gasteiger partial charge in [0.1, 0.15) is 17.0 Å².